The van der Waals surface area contributed by atoms with E-state index in [4.69, 9.17) is 14.2 Å². The normalized spacial score (nSPS) is 31.4. The molecule has 1 aromatic carbocycles. The van der Waals surface area contributed by atoms with Crippen LogP contribution in [0.15, 0.2) is 30.3 Å². The van der Waals surface area contributed by atoms with Crippen LogP contribution in [0.25, 0.3) is 0 Å². The lowest BCUT2D eigenvalue weighted by molar-refractivity contribution is -0.253. The Morgan fingerprint density at radius 2 is 2.00 bits per heavy atom. The molecule has 3 rings (SSSR count). The summed E-state index contributed by atoms with van der Waals surface area (Å²) in [5.41, 5.74) is -1.63. The first-order valence-electron chi connectivity index (χ1n) is 8.18. The molecule has 4 atom stereocenters. The van der Waals surface area contributed by atoms with E-state index >= 15 is 0 Å². The number of carbonyl (C=O) groups excluding carboxylic acids is 3. The van der Waals surface area contributed by atoms with Crippen LogP contribution in [-0.2, 0) is 35.2 Å². The van der Waals surface area contributed by atoms with Gasteiger partial charge >= 0.3 is 11.9 Å². The van der Waals surface area contributed by atoms with Crippen molar-refractivity contribution < 1.29 is 28.6 Å². The fourth-order valence-electron chi connectivity index (χ4n) is 3.67. The average Bonchev–Trinajstić information content (AvgIpc) is 2.74. The number of amides is 1. The Morgan fingerprint density at radius 1 is 1.32 bits per heavy atom. The minimum Gasteiger partial charge on any atom is -0.460 e. The summed E-state index contributed by atoms with van der Waals surface area (Å²) in [7, 11) is 0. The van der Waals surface area contributed by atoms with Gasteiger partial charge in [-0.15, -0.1) is 0 Å². The van der Waals surface area contributed by atoms with E-state index in [2.05, 4.69) is 5.32 Å². The van der Waals surface area contributed by atoms with Gasteiger partial charge < -0.3 is 19.5 Å². The zero-order valence-electron chi connectivity index (χ0n) is 14.4. The van der Waals surface area contributed by atoms with Gasteiger partial charge in [0, 0.05) is 6.92 Å². The molecule has 0 aromatic heterocycles. The first kappa shape index (κ1) is 17.4. The number of esters is 2. The number of benzene rings is 1. The number of carbonyl (C=O) groups is 3. The monoisotopic (exact) mass is 347 g/mol. The van der Waals surface area contributed by atoms with Crippen LogP contribution in [-0.4, -0.2) is 41.7 Å². The molecule has 7 nitrogen and oxygen atoms in total. The highest BCUT2D eigenvalue weighted by molar-refractivity contribution is 6.02. The Labute approximate surface area is 145 Å². The van der Waals surface area contributed by atoms with Gasteiger partial charge in [-0.3, -0.25) is 9.59 Å². The second kappa shape index (κ2) is 6.15. The number of rotatable bonds is 6. The highest BCUT2D eigenvalue weighted by Crippen LogP contribution is 2.51. The molecule has 134 valence electrons. The third-order valence-corrected chi connectivity index (χ3v) is 5.06. The van der Waals surface area contributed by atoms with Crippen molar-refractivity contribution in [1.82, 2.24) is 5.32 Å². The third kappa shape index (κ3) is 2.50. The Morgan fingerprint density at radius 3 is 2.60 bits per heavy atom. The van der Waals surface area contributed by atoms with Crippen LogP contribution in [0.2, 0.25) is 0 Å². The minimum absolute atomic E-state index is 0.0269. The Kier molecular flexibility index (Phi) is 4.28. The summed E-state index contributed by atoms with van der Waals surface area (Å²) >= 11 is 0. The summed E-state index contributed by atoms with van der Waals surface area (Å²) in [6, 6.07) is 9.54. The van der Waals surface area contributed by atoms with Crippen molar-refractivity contribution in [3.8, 4) is 0 Å². The summed E-state index contributed by atoms with van der Waals surface area (Å²) in [5, 5.41) is 2.69. The number of ether oxygens (including phenoxy) is 3. The molecular formula is C18H21NO6. The minimum atomic E-state index is -1.41. The Balaban J connectivity index is 1.81. The van der Waals surface area contributed by atoms with Gasteiger partial charge in [0.2, 0.25) is 11.4 Å². The van der Waals surface area contributed by atoms with Crippen molar-refractivity contribution in [2.45, 2.75) is 44.6 Å². The van der Waals surface area contributed by atoms with E-state index in [1.807, 2.05) is 30.3 Å². The molecule has 1 unspecified atom stereocenters. The van der Waals surface area contributed by atoms with Crippen LogP contribution in [0.3, 0.4) is 0 Å². The largest absolute Gasteiger partial charge is 0.460 e. The van der Waals surface area contributed by atoms with Crippen molar-refractivity contribution in [3.63, 3.8) is 0 Å². The van der Waals surface area contributed by atoms with Crippen molar-refractivity contribution in [2.75, 3.05) is 6.61 Å². The average molecular weight is 347 g/mol. The van der Waals surface area contributed by atoms with Crippen molar-refractivity contribution in [2.24, 2.45) is 5.92 Å². The topological polar surface area (TPSA) is 90.9 Å². The van der Waals surface area contributed by atoms with E-state index in [0.717, 1.165) is 5.56 Å². The zero-order valence-corrected chi connectivity index (χ0v) is 14.4. The molecule has 2 saturated heterocycles. The van der Waals surface area contributed by atoms with Gasteiger partial charge in [0.1, 0.15) is 6.10 Å². The molecule has 1 N–H and O–H groups in total. The van der Waals surface area contributed by atoms with Crippen molar-refractivity contribution in [1.29, 1.82) is 0 Å². The number of hydrogen-bond donors (Lipinski definition) is 1. The SMILES string of the molecule is CC(=O)OC(C)[C@@]12NC(=O)[C@@H](C)[C@]1(COCc1ccccc1)OC2=O. The van der Waals surface area contributed by atoms with E-state index in [1.165, 1.54) is 6.92 Å². The lowest BCUT2D eigenvalue weighted by atomic mass is 9.68. The molecule has 7 heteroatoms. The smallest absolute Gasteiger partial charge is 0.340 e. The number of fused-ring (bicyclic) bond motifs is 1. The maximum atomic E-state index is 12.3. The van der Waals surface area contributed by atoms with Crippen LogP contribution < -0.4 is 5.32 Å². The Bertz CT molecular complexity index is 705. The molecule has 2 heterocycles. The molecule has 0 aliphatic carbocycles. The highest BCUT2D eigenvalue weighted by atomic mass is 16.6. The molecule has 1 aromatic rings. The third-order valence-electron chi connectivity index (χ3n) is 5.06. The van der Waals surface area contributed by atoms with Gasteiger partial charge in [0.25, 0.3) is 0 Å². The first-order valence-corrected chi connectivity index (χ1v) is 8.18. The Hall–Kier alpha value is -2.41. The van der Waals surface area contributed by atoms with Crippen molar-refractivity contribution >= 4 is 17.8 Å². The summed E-state index contributed by atoms with van der Waals surface area (Å²) in [6.45, 7) is 4.85. The maximum absolute atomic E-state index is 12.3. The van der Waals surface area contributed by atoms with Gasteiger partial charge in [-0.05, 0) is 19.4 Å². The first-order chi connectivity index (χ1) is 11.8. The van der Waals surface area contributed by atoms with Crippen LogP contribution in [0, 0.1) is 5.92 Å². The molecule has 1 amide bonds. The molecule has 0 radical (unpaired) electrons. The fraction of sp³-hybridized carbons (Fsp3) is 0.500. The maximum Gasteiger partial charge on any atom is 0.340 e. The summed E-state index contributed by atoms with van der Waals surface area (Å²) in [6.07, 6.45) is -0.861. The summed E-state index contributed by atoms with van der Waals surface area (Å²) in [4.78, 5) is 35.9. The number of nitrogens with one attached hydrogen (secondary N) is 1. The van der Waals surface area contributed by atoms with Gasteiger partial charge in [-0.25, -0.2) is 4.79 Å². The molecule has 25 heavy (non-hydrogen) atoms. The lowest BCUT2D eigenvalue weighted by Gasteiger charge is -2.54. The predicted molar refractivity (Wildman–Crippen MR) is 86.2 cm³/mol. The highest BCUT2D eigenvalue weighted by Gasteiger charge is 2.80. The molecule has 0 saturated carbocycles. The standard InChI is InChI=1S/C18H21NO6/c1-11-15(21)19-18(12(2)24-13(3)20)16(22)25-17(11,18)10-23-9-14-7-5-4-6-8-14/h4-8,11-12H,9-10H2,1-3H3,(H,19,21)/t11-,12?,17+,18+/m1/s1. The molecular weight excluding hydrogens is 326 g/mol. The summed E-state index contributed by atoms with van der Waals surface area (Å²) in [5.74, 6) is -2.08. The number of hydrogen-bond acceptors (Lipinski definition) is 6. The van der Waals surface area contributed by atoms with Crippen LogP contribution in [0.1, 0.15) is 26.3 Å². The fourth-order valence-corrected chi connectivity index (χ4v) is 3.67. The van der Waals surface area contributed by atoms with E-state index < -0.39 is 35.1 Å². The molecule has 2 aliphatic heterocycles. The zero-order chi connectivity index (χ0) is 18.2. The lowest BCUT2D eigenvalue weighted by Crippen LogP contribution is -2.81. The second-order valence-corrected chi connectivity index (χ2v) is 6.53. The van der Waals surface area contributed by atoms with Crippen LogP contribution in [0.5, 0.6) is 0 Å². The quantitative estimate of drug-likeness (QED) is 0.771. The van der Waals surface area contributed by atoms with E-state index in [-0.39, 0.29) is 12.5 Å². The van der Waals surface area contributed by atoms with E-state index in [0.29, 0.717) is 6.61 Å². The van der Waals surface area contributed by atoms with E-state index in [9.17, 15) is 14.4 Å². The van der Waals surface area contributed by atoms with Gasteiger partial charge in [0.15, 0.2) is 5.60 Å². The molecule has 2 aliphatic rings. The van der Waals surface area contributed by atoms with Crippen LogP contribution >= 0.6 is 0 Å². The van der Waals surface area contributed by atoms with Crippen LogP contribution in [0.4, 0.5) is 0 Å². The summed E-state index contributed by atoms with van der Waals surface area (Å²) < 4.78 is 16.4. The molecule has 2 fully saturated rings. The molecule has 0 bridgehead atoms. The van der Waals surface area contributed by atoms with Gasteiger partial charge in [-0.1, -0.05) is 30.3 Å². The molecule has 0 spiro atoms. The van der Waals surface area contributed by atoms with Gasteiger partial charge in [-0.2, -0.15) is 0 Å². The second-order valence-electron chi connectivity index (χ2n) is 6.53. The van der Waals surface area contributed by atoms with Gasteiger partial charge in [0.05, 0.1) is 19.1 Å². The van der Waals surface area contributed by atoms with Crippen molar-refractivity contribution in [3.05, 3.63) is 35.9 Å². The van der Waals surface area contributed by atoms with E-state index in [1.54, 1.807) is 13.8 Å². The predicted octanol–water partition coefficient (Wildman–Crippen LogP) is 0.955.